The smallest absolute Gasteiger partial charge is 0.333 e. The monoisotopic (exact) mass is 1110 g/mol. The first kappa shape index (κ1) is 60.4. The average molecular weight is 1110 g/mol. The Balaban J connectivity index is 1.42. The molecule has 0 heterocycles. The van der Waals surface area contributed by atoms with Crippen molar-refractivity contribution in [3.63, 3.8) is 0 Å². The molecule has 0 saturated heterocycles. The molecule has 1 aliphatic rings. The van der Waals surface area contributed by atoms with Crippen molar-refractivity contribution in [1.82, 2.24) is 0 Å². The van der Waals surface area contributed by atoms with E-state index in [9.17, 15) is 19.2 Å². The molecule has 6 aromatic rings. The van der Waals surface area contributed by atoms with Gasteiger partial charge >= 0.3 is 23.9 Å². The van der Waals surface area contributed by atoms with E-state index in [4.69, 9.17) is 56.8 Å². The molecule has 426 valence electrons. The zero-order chi connectivity index (χ0) is 57.7. The Morgan fingerprint density at radius 2 is 0.642 bits per heavy atom. The number of fused-ring (bicyclic) bond motifs is 5. The van der Waals surface area contributed by atoms with Crippen molar-refractivity contribution >= 4 is 45.4 Å². The summed E-state index contributed by atoms with van der Waals surface area (Å²) >= 11 is 0. The fourth-order valence-corrected chi connectivity index (χ4v) is 9.22. The fraction of sp³-hybridized carbons (Fsp3) is 0.323. The van der Waals surface area contributed by atoms with E-state index >= 15 is 0 Å². The number of benzene rings is 6. The summed E-state index contributed by atoms with van der Waals surface area (Å²) in [7, 11) is 0. The molecule has 0 radical (unpaired) electrons. The van der Waals surface area contributed by atoms with Crippen molar-refractivity contribution in [2.45, 2.75) is 33.1 Å². The van der Waals surface area contributed by atoms with Crippen molar-refractivity contribution in [3.8, 4) is 34.1 Å². The third-order valence-corrected chi connectivity index (χ3v) is 12.8. The van der Waals surface area contributed by atoms with Crippen molar-refractivity contribution in [1.29, 1.82) is 0 Å². The molecule has 1 aliphatic carbocycles. The molecule has 0 N–H and O–H groups in total. The molecule has 0 aromatic heterocycles. The van der Waals surface area contributed by atoms with Crippen LogP contribution in [0.3, 0.4) is 0 Å². The lowest BCUT2D eigenvalue weighted by atomic mass is 9.65. The van der Waals surface area contributed by atoms with Gasteiger partial charge in [-0.3, -0.25) is 0 Å². The van der Waals surface area contributed by atoms with Crippen molar-refractivity contribution in [3.05, 3.63) is 180 Å². The van der Waals surface area contributed by atoms with E-state index in [2.05, 4.69) is 50.6 Å². The minimum atomic E-state index is -1.39. The Morgan fingerprint density at radius 1 is 0.358 bits per heavy atom. The average Bonchev–Trinajstić information content (AvgIpc) is 1.87. The van der Waals surface area contributed by atoms with E-state index in [1.807, 2.05) is 84.9 Å². The molecule has 16 nitrogen and oxygen atoms in total. The number of carbonyl (C=O) groups is 4. The summed E-state index contributed by atoms with van der Waals surface area (Å²) in [6.07, 6.45) is 0. The van der Waals surface area contributed by atoms with Crippen LogP contribution in [0, 0.1) is 0 Å². The molecule has 0 aliphatic heterocycles. The van der Waals surface area contributed by atoms with Crippen molar-refractivity contribution in [2.24, 2.45) is 0 Å². The molecule has 0 amide bonds. The molecule has 81 heavy (non-hydrogen) atoms. The van der Waals surface area contributed by atoms with Gasteiger partial charge in [0.2, 0.25) is 0 Å². The van der Waals surface area contributed by atoms with Crippen LogP contribution >= 0.6 is 0 Å². The van der Waals surface area contributed by atoms with Gasteiger partial charge in [-0.2, -0.15) is 0 Å². The Morgan fingerprint density at radius 3 is 0.975 bits per heavy atom. The highest BCUT2D eigenvalue weighted by atomic mass is 16.6. The molecule has 0 fully saturated rings. The lowest BCUT2D eigenvalue weighted by Crippen LogP contribution is -2.32. The summed E-state index contributed by atoms with van der Waals surface area (Å²) in [5.74, 6) is -0.182. The second-order valence-electron chi connectivity index (χ2n) is 18.9. The van der Waals surface area contributed by atoms with Gasteiger partial charge in [-0.25, -0.2) is 19.2 Å². The van der Waals surface area contributed by atoms with Crippen molar-refractivity contribution < 1.29 is 76.0 Å². The van der Waals surface area contributed by atoms with Crippen LogP contribution in [0.5, 0.6) is 23.0 Å². The van der Waals surface area contributed by atoms with Gasteiger partial charge in [-0.1, -0.05) is 123 Å². The minimum absolute atomic E-state index is 0.0206. The number of ether oxygens (including phenoxy) is 12. The number of hydrogen-bond acceptors (Lipinski definition) is 16. The van der Waals surface area contributed by atoms with Crippen LogP contribution in [0.1, 0.15) is 49.9 Å². The van der Waals surface area contributed by atoms with Gasteiger partial charge in [-0.15, -0.1) is 0 Å². The second kappa shape index (κ2) is 29.8. The zero-order valence-corrected chi connectivity index (χ0v) is 46.6. The molecule has 0 spiro atoms. The van der Waals surface area contributed by atoms with Gasteiger partial charge < -0.3 is 56.8 Å². The van der Waals surface area contributed by atoms with Crippen LogP contribution < -0.4 is 18.9 Å². The fourth-order valence-electron chi connectivity index (χ4n) is 9.22. The SMILES string of the molecule is C=C(C)C(=O)OCCOCCOc1cc2ccccc2c(OCCOCCOC(=O)C(=C)C)c1C1(c2c(OCCOCCOC(=O)C(=C)C)cc3ccccc3c2OCCOCCOC(=O)C(=C)C)c2ccccc2-c2ccccc21. The van der Waals surface area contributed by atoms with E-state index in [0.29, 0.717) is 34.1 Å². The molecule has 16 heteroatoms. The van der Waals surface area contributed by atoms with Gasteiger partial charge in [0.25, 0.3) is 0 Å². The van der Waals surface area contributed by atoms with Crippen LogP contribution in [0.4, 0.5) is 0 Å². The minimum Gasteiger partial charge on any atom is -0.491 e. The molecular weight excluding hydrogens is 1040 g/mol. The summed E-state index contributed by atoms with van der Waals surface area (Å²) in [6.45, 7) is 22.2. The third-order valence-electron chi connectivity index (χ3n) is 12.8. The number of carbonyl (C=O) groups excluding carboxylic acids is 4. The zero-order valence-electron chi connectivity index (χ0n) is 46.6. The number of rotatable bonds is 34. The van der Waals surface area contributed by atoms with Crippen LogP contribution in [0.15, 0.2) is 158 Å². The summed E-state index contributed by atoms with van der Waals surface area (Å²) in [5.41, 5.74) is 4.56. The highest BCUT2D eigenvalue weighted by Crippen LogP contribution is 2.64. The van der Waals surface area contributed by atoms with E-state index < -0.39 is 29.3 Å². The molecule has 7 rings (SSSR count). The largest absolute Gasteiger partial charge is 0.491 e. The quantitative estimate of drug-likeness (QED) is 0.0161. The lowest BCUT2D eigenvalue weighted by molar-refractivity contribution is -0.141. The maximum absolute atomic E-state index is 12.2. The van der Waals surface area contributed by atoms with E-state index in [1.54, 1.807) is 27.7 Å². The third kappa shape index (κ3) is 15.1. The first-order chi connectivity index (χ1) is 39.2. The van der Waals surface area contributed by atoms with Crippen molar-refractivity contribution in [2.75, 3.05) is 106 Å². The van der Waals surface area contributed by atoms with Crippen LogP contribution in [0.25, 0.3) is 32.7 Å². The summed E-state index contributed by atoms with van der Waals surface area (Å²) in [6, 6.07) is 36.1. The Labute approximate surface area is 472 Å². The Hall–Kier alpha value is -8.28. The summed E-state index contributed by atoms with van der Waals surface area (Å²) < 4.78 is 73.5. The molecule has 0 unspecified atom stereocenters. The maximum Gasteiger partial charge on any atom is 0.333 e. The maximum atomic E-state index is 12.2. The summed E-state index contributed by atoms with van der Waals surface area (Å²) in [5, 5.41) is 3.15. The van der Waals surface area contributed by atoms with Gasteiger partial charge in [0.15, 0.2) is 0 Å². The predicted octanol–water partition coefficient (Wildman–Crippen LogP) is 10.4. The molecule has 0 bridgehead atoms. The van der Waals surface area contributed by atoms with Crippen LogP contribution in [-0.2, 0) is 62.5 Å². The van der Waals surface area contributed by atoms with E-state index in [-0.39, 0.29) is 128 Å². The highest BCUT2D eigenvalue weighted by molar-refractivity contribution is 6.00. The van der Waals surface area contributed by atoms with Crippen LogP contribution in [-0.4, -0.2) is 130 Å². The van der Waals surface area contributed by atoms with Gasteiger partial charge in [0.1, 0.15) is 75.9 Å². The van der Waals surface area contributed by atoms with Gasteiger partial charge in [-0.05, 0) is 72.9 Å². The topological polar surface area (TPSA) is 179 Å². The molecular formula is C65H70O16. The highest BCUT2D eigenvalue weighted by Gasteiger charge is 2.53. The van der Waals surface area contributed by atoms with Crippen LogP contribution in [0.2, 0.25) is 0 Å². The normalized spacial score (nSPS) is 12.0. The lowest BCUT2D eigenvalue weighted by Gasteiger charge is -2.39. The van der Waals surface area contributed by atoms with E-state index in [0.717, 1.165) is 43.8 Å². The van der Waals surface area contributed by atoms with Gasteiger partial charge in [0.05, 0.1) is 69.4 Å². The standard InChI is InChI=1S/C65H70O16/c1-43(2)61(66)78-37-29-70-25-33-74-55-41-47-17-9-11-19-49(47)59(76-35-27-72-31-39-80-63(68)45(5)6)57(55)65(53-23-15-13-21-51(53)52-22-14-16-24-54(52)65)58-56(75-34-26-71-30-38-79-62(67)44(3)4)42-48-18-10-12-20-50(48)60(58)77-36-28-73-32-40-81-64(69)46(7)8/h9-24,41-42H,1,3,5,7,25-40H2,2,4,6,8H3. The second-order valence-corrected chi connectivity index (χ2v) is 18.9. The van der Waals surface area contributed by atoms with E-state index in [1.165, 1.54) is 0 Å². The molecule has 6 aromatic carbocycles. The predicted molar refractivity (Wildman–Crippen MR) is 307 cm³/mol. The molecule has 0 saturated carbocycles. The Bertz CT molecular complexity index is 3030. The summed E-state index contributed by atoms with van der Waals surface area (Å²) in [4.78, 5) is 48.6. The number of esters is 4. The molecule has 0 atom stereocenters. The number of hydrogen-bond donors (Lipinski definition) is 0. The first-order valence-corrected chi connectivity index (χ1v) is 26.7. The Kier molecular flexibility index (Phi) is 22.2. The first-order valence-electron chi connectivity index (χ1n) is 26.7. The van der Waals surface area contributed by atoms with Gasteiger partial charge in [0, 0.05) is 33.1 Å².